The molecule has 3 heterocycles. The zero-order valence-electron chi connectivity index (χ0n) is 21.1. The van der Waals surface area contributed by atoms with Gasteiger partial charge < -0.3 is 25.3 Å². The molecule has 0 spiro atoms. The maximum atomic E-state index is 12.6. The zero-order valence-corrected chi connectivity index (χ0v) is 21.1. The number of aryl methyl sites for hydroxylation is 1. The van der Waals surface area contributed by atoms with Gasteiger partial charge in [0, 0.05) is 43.7 Å². The van der Waals surface area contributed by atoms with Crippen LogP contribution in [0, 0.1) is 0 Å². The van der Waals surface area contributed by atoms with Crippen LogP contribution in [0.1, 0.15) is 50.7 Å². The fourth-order valence-electron chi connectivity index (χ4n) is 4.32. The van der Waals surface area contributed by atoms with Crippen LogP contribution in [0.3, 0.4) is 0 Å². The Morgan fingerprint density at radius 2 is 1.92 bits per heavy atom. The van der Waals surface area contributed by atoms with Crippen molar-refractivity contribution < 1.29 is 9.53 Å². The number of benzene rings is 2. The van der Waals surface area contributed by atoms with E-state index in [0.29, 0.717) is 17.2 Å². The van der Waals surface area contributed by atoms with Crippen LogP contribution in [-0.2, 0) is 12.5 Å². The van der Waals surface area contributed by atoms with Gasteiger partial charge in [-0.25, -0.2) is 4.98 Å². The van der Waals surface area contributed by atoms with E-state index in [2.05, 4.69) is 59.9 Å². The van der Waals surface area contributed by atoms with Crippen LogP contribution < -0.4 is 20.7 Å². The Morgan fingerprint density at radius 3 is 2.68 bits per heavy atom. The van der Waals surface area contributed by atoms with Crippen molar-refractivity contribution in [2.45, 2.75) is 46.1 Å². The summed E-state index contributed by atoms with van der Waals surface area (Å²) in [6.07, 6.45) is 2.51. The predicted molar refractivity (Wildman–Crippen MR) is 149 cm³/mol. The smallest absolute Gasteiger partial charge is 0.270 e. The number of anilines is 2. The van der Waals surface area contributed by atoms with Gasteiger partial charge in [-0.3, -0.25) is 9.78 Å². The van der Waals surface area contributed by atoms with Crippen molar-refractivity contribution in [3.63, 3.8) is 0 Å². The SMILES string of the molecule is C.Cn1c(Nc2cccc(C(C)(C)C)c2)nc2cc(Oc3ccnc(C(=O)N[C@@H]4CCNC4)c3)ccc21. The molecule has 0 aliphatic carbocycles. The van der Waals surface area contributed by atoms with Crippen molar-refractivity contribution in [2.24, 2.45) is 7.05 Å². The van der Waals surface area contributed by atoms with Crippen LogP contribution in [-0.4, -0.2) is 39.6 Å². The second-order valence-electron chi connectivity index (χ2n) is 10.2. The number of pyridine rings is 1. The first-order valence-corrected chi connectivity index (χ1v) is 12.3. The number of carbonyl (C=O) groups is 1. The number of rotatable bonds is 6. The normalized spacial score (nSPS) is 15.3. The summed E-state index contributed by atoms with van der Waals surface area (Å²) in [6.45, 7) is 8.30. The molecule has 0 unspecified atom stereocenters. The number of carbonyl (C=O) groups excluding carboxylic acids is 1. The lowest BCUT2D eigenvalue weighted by molar-refractivity contribution is 0.0934. The fourth-order valence-corrected chi connectivity index (χ4v) is 4.32. The van der Waals surface area contributed by atoms with Crippen LogP contribution in [0.5, 0.6) is 11.5 Å². The highest BCUT2D eigenvalue weighted by molar-refractivity contribution is 5.92. The molecule has 1 saturated heterocycles. The van der Waals surface area contributed by atoms with E-state index in [0.717, 1.165) is 42.2 Å². The van der Waals surface area contributed by atoms with Crippen molar-refractivity contribution >= 4 is 28.6 Å². The molecule has 1 amide bonds. The van der Waals surface area contributed by atoms with Crippen LogP contribution in [0.2, 0.25) is 0 Å². The third-order valence-corrected chi connectivity index (χ3v) is 6.43. The number of hydrogen-bond acceptors (Lipinski definition) is 6. The van der Waals surface area contributed by atoms with E-state index in [4.69, 9.17) is 9.72 Å². The van der Waals surface area contributed by atoms with Gasteiger partial charge in [-0.15, -0.1) is 0 Å². The minimum absolute atomic E-state index is 0. The maximum Gasteiger partial charge on any atom is 0.270 e. The molecule has 1 fully saturated rings. The summed E-state index contributed by atoms with van der Waals surface area (Å²) in [5, 5.41) is 9.70. The van der Waals surface area contributed by atoms with Gasteiger partial charge in [-0.2, -0.15) is 0 Å². The van der Waals surface area contributed by atoms with E-state index in [-0.39, 0.29) is 24.8 Å². The summed E-state index contributed by atoms with van der Waals surface area (Å²) in [6, 6.07) is 17.7. The van der Waals surface area contributed by atoms with Gasteiger partial charge in [-0.1, -0.05) is 40.3 Å². The lowest BCUT2D eigenvalue weighted by Crippen LogP contribution is -2.36. The van der Waals surface area contributed by atoms with Gasteiger partial charge in [0.15, 0.2) is 0 Å². The summed E-state index contributed by atoms with van der Waals surface area (Å²) in [7, 11) is 1.99. The molecule has 0 bridgehead atoms. The molecule has 2 aromatic heterocycles. The molecule has 1 atom stereocenters. The Kier molecular flexibility index (Phi) is 7.50. The van der Waals surface area contributed by atoms with Gasteiger partial charge in [0.05, 0.1) is 11.0 Å². The minimum Gasteiger partial charge on any atom is -0.457 e. The summed E-state index contributed by atoms with van der Waals surface area (Å²) in [5.41, 5.74) is 4.45. The van der Waals surface area contributed by atoms with Crippen LogP contribution in [0.25, 0.3) is 11.0 Å². The van der Waals surface area contributed by atoms with Crippen molar-refractivity contribution in [2.75, 3.05) is 18.4 Å². The van der Waals surface area contributed by atoms with Gasteiger partial charge in [-0.05, 0) is 54.3 Å². The quantitative estimate of drug-likeness (QED) is 0.322. The number of aromatic nitrogens is 3. The first-order chi connectivity index (χ1) is 17.3. The van der Waals surface area contributed by atoms with Gasteiger partial charge in [0.1, 0.15) is 17.2 Å². The van der Waals surface area contributed by atoms with Crippen LogP contribution in [0.15, 0.2) is 60.8 Å². The molecule has 8 nitrogen and oxygen atoms in total. The monoisotopic (exact) mass is 500 g/mol. The Balaban J connectivity index is 0.00000320. The van der Waals surface area contributed by atoms with Gasteiger partial charge in [0.25, 0.3) is 5.91 Å². The molecule has 4 aromatic rings. The third kappa shape index (κ3) is 5.91. The number of nitrogens with zero attached hydrogens (tertiary/aromatic N) is 3. The fraction of sp³-hybridized carbons (Fsp3) is 0.345. The molecule has 2 aromatic carbocycles. The topological polar surface area (TPSA) is 93.1 Å². The molecule has 8 heteroatoms. The lowest BCUT2D eigenvalue weighted by atomic mass is 9.87. The van der Waals surface area contributed by atoms with E-state index in [9.17, 15) is 4.79 Å². The average molecular weight is 501 g/mol. The Hall–Kier alpha value is -3.91. The van der Waals surface area contributed by atoms with E-state index < -0.39 is 0 Å². The second-order valence-corrected chi connectivity index (χ2v) is 10.2. The Labute approximate surface area is 218 Å². The van der Waals surface area contributed by atoms with E-state index >= 15 is 0 Å². The summed E-state index contributed by atoms with van der Waals surface area (Å²) in [5.74, 6) is 1.74. The second kappa shape index (κ2) is 10.6. The molecule has 0 saturated carbocycles. The highest BCUT2D eigenvalue weighted by Gasteiger charge is 2.19. The summed E-state index contributed by atoms with van der Waals surface area (Å²) in [4.78, 5) is 21.6. The molecule has 194 valence electrons. The van der Waals surface area contributed by atoms with E-state index in [1.165, 1.54) is 5.56 Å². The standard InChI is InChI=1S/C28H32N6O2.CH4/c1-28(2,3)18-6-5-7-19(14-18)32-27-33-23-15-21(8-9-25(23)34(27)4)36-22-11-13-30-24(16-22)26(35)31-20-10-12-29-17-20;/h5-9,11,13-16,20,29H,10,12,17H2,1-4H3,(H,31,35)(H,32,33);1H4/t20-;/m1./s1. The third-order valence-electron chi connectivity index (χ3n) is 6.43. The van der Waals surface area contributed by atoms with E-state index in [1.807, 2.05) is 35.9 Å². The molecule has 0 radical (unpaired) electrons. The number of imidazole rings is 1. The van der Waals surface area contributed by atoms with Crippen molar-refractivity contribution in [1.82, 2.24) is 25.2 Å². The van der Waals surface area contributed by atoms with Gasteiger partial charge in [0.2, 0.25) is 5.95 Å². The first kappa shape index (κ1) is 26.2. The van der Waals surface area contributed by atoms with Crippen molar-refractivity contribution in [1.29, 1.82) is 0 Å². The number of hydrogen-bond donors (Lipinski definition) is 3. The molecular formula is C29H36N6O2. The maximum absolute atomic E-state index is 12.6. The molecule has 5 rings (SSSR count). The summed E-state index contributed by atoms with van der Waals surface area (Å²) < 4.78 is 8.09. The van der Waals surface area contributed by atoms with Crippen LogP contribution in [0.4, 0.5) is 11.6 Å². The predicted octanol–water partition coefficient (Wildman–Crippen LogP) is 5.53. The van der Waals surface area contributed by atoms with E-state index in [1.54, 1.807) is 18.3 Å². The van der Waals surface area contributed by atoms with Crippen molar-refractivity contribution in [3.8, 4) is 11.5 Å². The van der Waals surface area contributed by atoms with Crippen LogP contribution >= 0.6 is 0 Å². The molecular weight excluding hydrogens is 464 g/mol. The number of ether oxygens (including phenoxy) is 1. The Morgan fingerprint density at radius 1 is 1.11 bits per heavy atom. The number of nitrogens with one attached hydrogen (secondary N) is 3. The Bertz CT molecular complexity index is 1400. The molecule has 3 N–H and O–H groups in total. The summed E-state index contributed by atoms with van der Waals surface area (Å²) >= 11 is 0. The molecule has 37 heavy (non-hydrogen) atoms. The first-order valence-electron chi connectivity index (χ1n) is 12.3. The van der Waals surface area contributed by atoms with Gasteiger partial charge >= 0.3 is 0 Å². The largest absolute Gasteiger partial charge is 0.457 e. The van der Waals surface area contributed by atoms with Crippen molar-refractivity contribution in [3.05, 3.63) is 72.1 Å². The molecule has 1 aliphatic heterocycles. The average Bonchev–Trinajstić information content (AvgIpc) is 3.46. The lowest BCUT2D eigenvalue weighted by Gasteiger charge is -2.20. The highest BCUT2D eigenvalue weighted by atomic mass is 16.5. The minimum atomic E-state index is -0.194. The zero-order chi connectivity index (χ0) is 25.3. The molecule has 1 aliphatic rings. The number of fused-ring (bicyclic) bond motifs is 1. The highest BCUT2D eigenvalue weighted by Crippen LogP contribution is 2.30. The number of amides is 1.